The van der Waals surface area contributed by atoms with Gasteiger partial charge in [-0.1, -0.05) is 13.8 Å². The number of benzene rings is 1. The van der Waals surface area contributed by atoms with Crippen LogP contribution in [0.3, 0.4) is 0 Å². The standard InChI is InChI=1S/C28H33FN4O7/c1-9(2)20-28(40)31-19-13(8-33(20)5)18(29)11-6-10-7-12-16(23(35)14(10)22(34)15(11)25(19)37)24(36)17(27(30)39)26(38)21(12)32(3)4/h9-10,12,16,20-21,35,37-38H,6-8H2,1-5H3,(H2,30,39)(H,31,40)/t10-,12?,16?,20+,21-/m0/s1. The molecule has 1 aromatic rings. The van der Waals surface area contributed by atoms with Crippen LogP contribution in [0.5, 0.6) is 5.75 Å². The van der Waals surface area contributed by atoms with Crippen molar-refractivity contribution in [2.75, 3.05) is 26.5 Å². The molecular formula is C28H33FN4O7. The number of hydrogen-bond acceptors (Lipinski definition) is 9. The fourth-order valence-electron chi connectivity index (χ4n) is 7.26. The predicted molar refractivity (Wildman–Crippen MR) is 141 cm³/mol. The van der Waals surface area contributed by atoms with Crippen LogP contribution in [0.15, 0.2) is 22.7 Å². The Morgan fingerprint density at radius 2 is 1.77 bits per heavy atom. The van der Waals surface area contributed by atoms with Gasteiger partial charge in [0.2, 0.25) is 5.91 Å². The molecule has 0 radical (unpaired) electrons. The van der Waals surface area contributed by atoms with Crippen LogP contribution in [0.2, 0.25) is 0 Å². The average Bonchev–Trinajstić information content (AvgIpc) is 2.96. The van der Waals surface area contributed by atoms with Crippen molar-refractivity contribution in [2.24, 2.45) is 29.4 Å². The number of halogens is 1. The molecule has 1 aromatic carbocycles. The highest BCUT2D eigenvalue weighted by Crippen LogP contribution is 2.52. The van der Waals surface area contributed by atoms with Crippen LogP contribution < -0.4 is 11.1 Å². The summed E-state index contributed by atoms with van der Waals surface area (Å²) in [6, 6.07) is -1.47. The number of hydrogen-bond donors (Lipinski definition) is 5. The summed E-state index contributed by atoms with van der Waals surface area (Å²) in [7, 11) is 4.95. The SMILES string of the molecule is CC(C)[C@@H]1C(=O)Nc2c(O)c3c(c(F)c2CN1C)C[C@H]1CC2C(C(=O)C(C(N)=O)=C(O)[C@H]2N(C)C)C(O)=C1C3=O. The Balaban J connectivity index is 1.67. The van der Waals surface area contributed by atoms with E-state index in [4.69, 9.17) is 5.73 Å². The zero-order valence-corrected chi connectivity index (χ0v) is 22.9. The number of aliphatic hydroxyl groups excluding tert-OH is 2. The van der Waals surface area contributed by atoms with Crippen molar-refractivity contribution in [1.29, 1.82) is 0 Å². The number of rotatable bonds is 3. The van der Waals surface area contributed by atoms with Crippen molar-refractivity contribution < 1.29 is 38.9 Å². The van der Waals surface area contributed by atoms with Crippen molar-refractivity contribution in [2.45, 2.75) is 45.3 Å². The molecule has 5 rings (SSSR count). The van der Waals surface area contributed by atoms with E-state index < -0.39 is 81.9 Å². The number of nitrogens with two attached hydrogens (primary N) is 1. The first-order valence-corrected chi connectivity index (χ1v) is 13.2. The van der Waals surface area contributed by atoms with Gasteiger partial charge < -0.3 is 26.4 Å². The maximum absolute atomic E-state index is 16.2. The van der Waals surface area contributed by atoms with Crippen molar-refractivity contribution in [3.63, 3.8) is 0 Å². The number of likely N-dealkylation sites (N-methyl/N-ethyl adjacent to an activating group) is 2. The molecule has 2 amide bonds. The maximum Gasteiger partial charge on any atom is 0.255 e. The fourth-order valence-corrected chi connectivity index (χ4v) is 7.26. The summed E-state index contributed by atoms with van der Waals surface area (Å²) in [5, 5.41) is 36.1. The number of carbonyl (C=O) groups excluding carboxylic acids is 4. The predicted octanol–water partition coefficient (Wildman–Crippen LogP) is 1.55. The lowest BCUT2D eigenvalue weighted by Gasteiger charge is -2.46. The van der Waals surface area contributed by atoms with E-state index in [1.165, 1.54) is 0 Å². The Kier molecular flexibility index (Phi) is 6.54. The highest BCUT2D eigenvalue weighted by atomic mass is 19.1. The van der Waals surface area contributed by atoms with Gasteiger partial charge >= 0.3 is 0 Å². The van der Waals surface area contributed by atoms with Gasteiger partial charge in [-0.05, 0) is 51.7 Å². The van der Waals surface area contributed by atoms with E-state index in [1.54, 1.807) is 30.9 Å². The number of carbonyl (C=O) groups is 4. The first-order chi connectivity index (χ1) is 18.7. The van der Waals surface area contributed by atoms with E-state index in [2.05, 4.69) is 5.32 Å². The number of phenolic OH excluding ortho intramolecular Hbond substituents is 1. The molecule has 0 saturated carbocycles. The first kappa shape index (κ1) is 27.8. The van der Waals surface area contributed by atoms with Crippen molar-refractivity contribution >= 4 is 29.1 Å². The van der Waals surface area contributed by atoms with Gasteiger partial charge in [-0.3, -0.25) is 29.0 Å². The van der Waals surface area contributed by atoms with Gasteiger partial charge in [0, 0.05) is 23.2 Å². The molecular weight excluding hydrogens is 523 g/mol. The minimum atomic E-state index is -1.34. The number of amides is 2. The van der Waals surface area contributed by atoms with Crippen molar-refractivity contribution in [3.05, 3.63) is 45.2 Å². The smallest absolute Gasteiger partial charge is 0.255 e. The number of Topliss-reactive ketones (excluding diaryl/α,β-unsaturated/α-hetero) is 2. The summed E-state index contributed by atoms with van der Waals surface area (Å²) < 4.78 is 16.2. The minimum absolute atomic E-state index is 0.00681. The summed E-state index contributed by atoms with van der Waals surface area (Å²) in [6.45, 7) is 3.70. The number of phenols is 1. The number of nitrogens with zero attached hydrogens (tertiary/aromatic N) is 2. The second kappa shape index (κ2) is 9.41. The van der Waals surface area contributed by atoms with Crippen LogP contribution in [0.4, 0.5) is 10.1 Å². The van der Waals surface area contributed by atoms with E-state index >= 15 is 4.39 Å². The van der Waals surface area contributed by atoms with Crippen molar-refractivity contribution in [1.82, 2.24) is 9.80 Å². The lowest BCUT2D eigenvalue weighted by atomic mass is 9.61. The van der Waals surface area contributed by atoms with Crippen LogP contribution in [-0.2, 0) is 27.3 Å². The topological polar surface area (TPSA) is 173 Å². The molecule has 5 atom stereocenters. The molecule has 1 heterocycles. The van der Waals surface area contributed by atoms with Crippen LogP contribution in [0.25, 0.3) is 0 Å². The highest BCUT2D eigenvalue weighted by Gasteiger charge is 2.55. The maximum atomic E-state index is 16.2. The zero-order chi connectivity index (χ0) is 29.5. The first-order valence-electron chi connectivity index (χ1n) is 13.2. The summed E-state index contributed by atoms with van der Waals surface area (Å²) in [4.78, 5) is 55.5. The second-order valence-electron chi connectivity index (χ2n) is 11.8. The molecule has 6 N–H and O–H groups in total. The zero-order valence-electron chi connectivity index (χ0n) is 22.9. The van der Waals surface area contributed by atoms with Crippen LogP contribution in [0.1, 0.15) is 41.8 Å². The Hall–Kier alpha value is -3.77. The molecule has 0 bridgehead atoms. The molecule has 11 nitrogen and oxygen atoms in total. The third-order valence-electron chi connectivity index (χ3n) is 8.80. The fraction of sp³-hybridized carbons (Fsp3) is 0.500. The summed E-state index contributed by atoms with van der Waals surface area (Å²) >= 11 is 0. The number of nitrogens with one attached hydrogen (secondary N) is 1. The molecule has 0 fully saturated rings. The van der Waals surface area contributed by atoms with E-state index in [0.29, 0.717) is 0 Å². The molecule has 3 aliphatic carbocycles. The molecule has 2 unspecified atom stereocenters. The molecule has 0 saturated heterocycles. The van der Waals surface area contributed by atoms with E-state index in [-0.39, 0.29) is 53.3 Å². The number of aliphatic hydroxyl groups is 2. The average molecular weight is 557 g/mol. The Morgan fingerprint density at radius 1 is 1.12 bits per heavy atom. The van der Waals surface area contributed by atoms with Crippen LogP contribution in [0, 0.1) is 29.5 Å². The summed E-state index contributed by atoms with van der Waals surface area (Å²) in [5.74, 6) is -8.70. The number of fused-ring (bicyclic) bond motifs is 4. The van der Waals surface area contributed by atoms with Gasteiger partial charge in [-0.25, -0.2) is 4.39 Å². The molecule has 1 aliphatic heterocycles. The van der Waals surface area contributed by atoms with Crippen LogP contribution in [-0.4, -0.2) is 81.7 Å². The van der Waals surface area contributed by atoms with E-state index in [9.17, 15) is 34.5 Å². The number of allylic oxidation sites excluding steroid dienone is 2. The quantitative estimate of drug-likeness (QED) is 0.273. The molecule has 0 aromatic heterocycles. The number of ketones is 2. The molecule has 214 valence electrons. The van der Waals surface area contributed by atoms with Gasteiger partial charge in [0.05, 0.1) is 29.3 Å². The molecule has 0 spiro atoms. The summed E-state index contributed by atoms with van der Waals surface area (Å²) in [5.41, 5.74) is 4.05. The van der Waals surface area contributed by atoms with Gasteiger partial charge in [0.25, 0.3) is 5.91 Å². The monoisotopic (exact) mass is 556 g/mol. The molecule has 40 heavy (non-hydrogen) atoms. The minimum Gasteiger partial charge on any atom is -0.511 e. The summed E-state index contributed by atoms with van der Waals surface area (Å²) in [6.07, 6.45) is 0.0480. The molecule has 12 heteroatoms. The van der Waals surface area contributed by atoms with Crippen molar-refractivity contribution in [3.8, 4) is 5.75 Å². The Labute approximate surface area is 230 Å². The highest BCUT2D eigenvalue weighted by molar-refractivity contribution is 6.22. The Morgan fingerprint density at radius 3 is 2.35 bits per heavy atom. The Bertz CT molecular complexity index is 1450. The lowest BCUT2D eigenvalue weighted by molar-refractivity contribution is -0.127. The largest absolute Gasteiger partial charge is 0.511 e. The number of anilines is 1. The third-order valence-corrected chi connectivity index (χ3v) is 8.80. The van der Waals surface area contributed by atoms with Gasteiger partial charge in [-0.2, -0.15) is 0 Å². The third kappa shape index (κ3) is 3.76. The number of aromatic hydroxyl groups is 1. The molecule has 4 aliphatic rings. The van der Waals surface area contributed by atoms with E-state index in [0.717, 1.165) is 0 Å². The van der Waals surface area contributed by atoms with Crippen LogP contribution >= 0.6 is 0 Å². The number of primary amides is 1. The van der Waals surface area contributed by atoms with Gasteiger partial charge in [-0.15, -0.1) is 0 Å². The lowest BCUT2D eigenvalue weighted by Crippen LogP contribution is -2.53. The van der Waals surface area contributed by atoms with Gasteiger partial charge in [0.15, 0.2) is 17.3 Å². The normalized spacial score (nSPS) is 28.7. The van der Waals surface area contributed by atoms with Gasteiger partial charge in [0.1, 0.15) is 22.9 Å². The van der Waals surface area contributed by atoms with E-state index in [1.807, 2.05) is 13.8 Å². The second-order valence-corrected chi connectivity index (χ2v) is 11.8.